The minimum absolute atomic E-state index is 0.00178. The minimum atomic E-state index is -1.87. The third-order valence-corrected chi connectivity index (χ3v) is 9.98. The van der Waals surface area contributed by atoms with E-state index in [1.165, 1.54) is 27.2 Å². The van der Waals surface area contributed by atoms with E-state index in [-0.39, 0.29) is 86.0 Å². The van der Waals surface area contributed by atoms with Crippen LogP contribution in [0.4, 0.5) is 5.69 Å². The molecular formula is C41H71N15O12. The lowest BCUT2D eigenvalue weighted by atomic mass is 10.0. The number of rotatable bonds is 31. The number of amides is 7. The summed E-state index contributed by atoms with van der Waals surface area (Å²) in [4.78, 5) is 115. The number of nitro groups is 1. The molecule has 382 valence electrons. The topological polar surface area (TPSA) is 446 Å². The molecule has 0 radical (unpaired) electrons. The number of nitro benzene ring substituents is 1. The van der Waals surface area contributed by atoms with Crippen molar-refractivity contribution in [3.8, 4) is 11.5 Å². The van der Waals surface area contributed by atoms with E-state index in [4.69, 9.17) is 43.9 Å². The highest BCUT2D eigenvalue weighted by atomic mass is 16.6. The highest BCUT2D eigenvalue weighted by Crippen LogP contribution is 2.35. The molecule has 0 aliphatic carbocycles. The molecule has 0 bridgehead atoms. The fourth-order valence-electron chi connectivity index (χ4n) is 6.66. The second-order valence-corrected chi connectivity index (χ2v) is 16.6. The minimum Gasteiger partial charge on any atom is -0.493 e. The summed E-state index contributed by atoms with van der Waals surface area (Å²) in [6.07, 6.45) is 0.549. The third kappa shape index (κ3) is 20.6. The summed E-state index contributed by atoms with van der Waals surface area (Å²) in [5.41, 5.74) is 32.3. The van der Waals surface area contributed by atoms with Crippen molar-refractivity contribution in [2.75, 3.05) is 40.5 Å². The Balaban J connectivity index is 3.81. The van der Waals surface area contributed by atoms with Crippen LogP contribution in [0.2, 0.25) is 0 Å². The van der Waals surface area contributed by atoms with Crippen molar-refractivity contribution in [2.24, 2.45) is 56.2 Å². The number of ether oxygens (including phenoxy) is 2. The predicted octanol–water partition coefficient (Wildman–Crippen LogP) is -3.61. The van der Waals surface area contributed by atoms with Crippen molar-refractivity contribution in [3.05, 3.63) is 27.8 Å². The van der Waals surface area contributed by atoms with E-state index >= 15 is 0 Å². The Morgan fingerprint density at radius 3 is 1.66 bits per heavy atom. The fraction of sp³-hybridized carbons (Fsp3) is 0.634. The highest BCUT2D eigenvalue weighted by molar-refractivity contribution is 5.97. The number of aliphatic hydroxyl groups excluding tert-OH is 1. The summed E-state index contributed by atoms with van der Waals surface area (Å²) in [5.74, 6) is -6.84. The van der Waals surface area contributed by atoms with Gasteiger partial charge in [-0.15, -0.1) is 0 Å². The molecule has 27 nitrogen and oxygen atoms in total. The van der Waals surface area contributed by atoms with Crippen LogP contribution in [-0.4, -0.2) is 145 Å². The van der Waals surface area contributed by atoms with Gasteiger partial charge in [-0.3, -0.25) is 53.7 Å². The summed E-state index contributed by atoms with van der Waals surface area (Å²) in [6, 6.07) is -6.17. The number of primary amides is 1. The van der Waals surface area contributed by atoms with Crippen LogP contribution < -0.4 is 70.5 Å². The molecular weight excluding hydrogens is 895 g/mol. The van der Waals surface area contributed by atoms with Crippen LogP contribution in [0.15, 0.2) is 22.1 Å². The van der Waals surface area contributed by atoms with E-state index in [1.54, 1.807) is 13.8 Å². The first kappa shape index (κ1) is 59.0. The standard InChI is InChI=1S/C41H71N15O12/c1-21(2)14-25(42)34(59)52-27(11-9-13-49-41(46)47)37(62)53-26(10-8-12-48-40(44)45)36(61)51-23(5)39(64)55(19-24-16-31(67-6)32(68-7)17-29(24)56(65)66)30(20-57)38(63)54-28(15-22(3)4)35(60)50-18-33(43)58/h16-17,21-23,25-28,30,57H,8-15,18-20,42H2,1-7H3,(H2,43,58)(H,50,60)(H,51,61)(H,52,59)(H,53,62)(H,54,63)(H4,44,45,48)(H4,46,47,49)/t23-,25-,26-,27-,28-,30-/m0/s1. The first-order valence-corrected chi connectivity index (χ1v) is 21.8. The van der Waals surface area contributed by atoms with E-state index in [0.29, 0.717) is 6.42 Å². The molecule has 0 saturated heterocycles. The van der Waals surface area contributed by atoms with E-state index in [2.05, 4.69) is 36.6 Å². The van der Waals surface area contributed by atoms with Crippen LogP contribution >= 0.6 is 0 Å². The molecule has 0 aromatic heterocycles. The number of nitrogens with two attached hydrogens (primary N) is 6. The molecule has 1 aromatic carbocycles. The number of nitrogens with zero attached hydrogens (tertiary/aromatic N) is 4. The van der Waals surface area contributed by atoms with Crippen LogP contribution in [0, 0.1) is 22.0 Å². The number of aliphatic hydroxyl groups is 1. The SMILES string of the molecule is COc1cc(CN(C(=O)[C@H](C)NC(=O)[C@H](CCCN=C(N)N)NC(=O)[C@H](CCCN=C(N)N)NC(=O)[C@@H](N)CC(C)C)[C@@H](CO)C(=O)N[C@@H](CC(C)C)C(=O)NCC(N)=O)c([N+](=O)[O-])cc1OC. The maximum absolute atomic E-state index is 14.6. The van der Waals surface area contributed by atoms with Gasteiger partial charge in [-0.1, -0.05) is 27.7 Å². The molecule has 0 saturated carbocycles. The van der Waals surface area contributed by atoms with E-state index in [9.17, 15) is 48.8 Å². The van der Waals surface area contributed by atoms with Crippen LogP contribution in [0.1, 0.15) is 78.7 Å². The molecule has 1 rings (SSSR count). The number of carbonyl (C=O) groups is 7. The van der Waals surface area contributed by atoms with Crippen LogP contribution in [0.5, 0.6) is 11.5 Å². The fourth-order valence-corrected chi connectivity index (χ4v) is 6.66. The molecule has 18 N–H and O–H groups in total. The number of nitrogens with one attached hydrogen (secondary N) is 5. The lowest BCUT2D eigenvalue weighted by Crippen LogP contribution is -2.60. The van der Waals surface area contributed by atoms with Gasteiger partial charge in [0, 0.05) is 13.1 Å². The lowest BCUT2D eigenvalue weighted by molar-refractivity contribution is -0.385. The quantitative estimate of drug-likeness (QED) is 0.0112. The molecule has 1 aromatic rings. The molecule has 27 heteroatoms. The van der Waals surface area contributed by atoms with E-state index < -0.39 is 108 Å². The first-order chi connectivity index (χ1) is 31.9. The van der Waals surface area contributed by atoms with Gasteiger partial charge in [0.05, 0.1) is 56.5 Å². The molecule has 7 amide bonds. The smallest absolute Gasteiger partial charge is 0.278 e. The number of hydrogen-bond donors (Lipinski definition) is 12. The average molecular weight is 966 g/mol. The number of carbonyl (C=O) groups excluding carboxylic acids is 7. The van der Waals surface area contributed by atoms with Crippen molar-refractivity contribution < 1.29 is 53.1 Å². The van der Waals surface area contributed by atoms with Gasteiger partial charge in [0.15, 0.2) is 23.4 Å². The number of methoxy groups -OCH3 is 2. The van der Waals surface area contributed by atoms with Crippen molar-refractivity contribution in [1.29, 1.82) is 0 Å². The average Bonchev–Trinajstić information content (AvgIpc) is 3.25. The zero-order valence-corrected chi connectivity index (χ0v) is 39.7. The Bertz CT molecular complexity index is 1960. The first-order valence-electron chi connectivity index (χ1n) is 21.8. The lowest BCUT2D eigenvalue weighted by Gasteiger charge is -2.33. The van der Waals surface area contributed by atoms with Crippen LogP contribution in [0.25, 0.3) is 0 Å². The summed E-state index contributed by atoms with van der Waals surface area (Å²) >= 11 is 0. The molecule has 6 atom stereocenters. The Morgan fingerprint density at radius 1 is 0.721 bits per heavy atom. The van der Waals surface area contributed by atoms with Gasteiger partial charge in [0.2, 0.25) is 41.4 Å². The van der Waals surface area contributed by atoms with Gasteiger partial charge in [-0.25, -0.2) is 0 Å². The molecule has 0 fully saturated rings. The molecule has 68 heavy (non-hydrogen) atoms. The monoisotopic (exact) mass is 966 g/mol. The number of benzene rings is 1. The zero-order chi connectivity index (χ0) is 51.8. The van der Waals surface area contributed by atoms with Crippen LogP contribution in [-0.2, 0) is 40.1 Å². The summed E-state index contributed by atoms with van der Waals surface area (Å²) in [5, 5.41) is 35.7. The van der Waals surface area contributed by atoms with Crippen molar-refractivity contribution in [3.63, 3.8) is 0 Å². The van der Waals surface area contributed by atoms with E-state index in [0.717, 1.165) is 11.0 Å². The number of aliphatic imine (C=N–C) groups is 2. The Labute approximate surface area is 394 Å². The summed E-state index contributed by atoms with van der Waals surface area (Å²) < 4.78 is 10.6. The predicted molar refractivity (Wildman–Crippen MR) is 250 cm³/mol. The Kier molecular flexibility index (Phi) is 25.7. The zero-order valence-electron chi connectivity index (χ0n) is 39.7. The molecule has 0 heterocycles. The summed E-state index contributed by atoms with van der Waals surface area (Å²) in [7, 11) is 2.50. The second-order valence-electron chi connectivity index (χ2n) is 16.6. The molecule has 0 aliphatic heterocycles. The van der Waals surface area contributed by atoms with Crippen LogP contribution in [0.3, 0.4) is 0 Å². The van der Waals surface area contributed by atoms with Gasteiger partial charge in [0.1, 0.15) is 30.2 Å². The van der Waals surface area contributed by atoms with Gasteiger partial charge in [0.25, 0.3) is 5.69 Å². The number of guanidine groups is 2. The normalized spacial score (nSPS) is 13.6. The number of hydrogen-bond acceptors (Lipinski definition) is 15. The van der Waals surface area contributed by atoms with Gasteiger partial charge in [-0.2, -0.15) is 0 Å². The molecule has 0 unspecified atom stereocenters. The highest BCUT2D eigenvalue weighted by Gasteiger charge is 2.38. The van der Waals surface area contributed by atoms with Crippen molar-refractivity contribution in [2.45, 2.75) is 116 Å². The Morgan fingerprint density at radius 2 is 1.21 bits per heavy atom. The van der Waals surface area contributed by atoms with Gasteiger partial charge in [-0.05, 0) is 63.4 Å². The third-order valence-electron chi connectivity index (χ3n) is 9.98. The Hall–Kier alpha value is -7.03. The van der Waals surface area contributed by atoms with Crippen molar-refractivity contribution in [1.82, 2.24) is 31.5 Å². The largest absolute Gasteiger partial charge is 0.493 e. The van der Waals surface area contributed by atoms with Crippen molar-refractivity contribution >= 4 is 59.0 Å². The molecule has 0 spiro atoms. The molecule has 0 aliphatic rings. The second kappa shape index (κ2) is 29.6. The summed E-state index contributed by atoms with van der Waals surface area (Å²) in [6.45, 7) is 6.13. The maximum atomic E-state index is 14.6. The van der Waals surface area contributed by atoms with Gasteiger partial charge < -0.3 is 80.5 Å². The maximum Gasteiger partial charge on any atom is 0.278 e. The van der Waals surface area contributed by atoms with E-state index in [1.807, 2.05) is 13.8 Å². The van der Waals surface area contributed by atoms with Gasteiger partial charge >= 0.3 is 0 Å².